The number of amides is 1. The number of rotatable bonds is 5. The van der Waals surface area contributed by atoms with E-state index >= 15 is 0 Å². The fraction of sp³-hybridized carbons (Fsp3) is 0.158. The average molecular weight is 338 g/mol. The number of hydrogen-bond acceptors (Lipinski definition) is 4. The third-order valence-electron chi connectivity index (χ3n) is 3.71. The number of nitrogens with zero attached hydrogens (tertiary/aromatic N) is 1. The summed E-state index contributed by atoms with van der Waals surface area (Å²) in [5.41, 5.74) is 2.50. The molecule has 1 aromatic heterocycles. The zero-order valence-corrected chi connectivity index (χ0v) is 14.0. The van der Waals surface area contributed by atoms with Crippen molar-refractivity contribution in [2.24, 2.45) is 0 Å². The van der Waals surface area contributed by atoms with Crippen LogP contribution in [0.25, 0.3) is 11.3 Å². The summed E-state index contributed by atoms with van der Waals surface area (Å²) in [6.07, 6.45) is 1.54. The van der Waals surface area contributed by atoms with Crippen LogP contribution < -0.4 is 15.8 Å². The molecule has 1 amide bonds. The van der Waals surface area contributed by atoms with Gasteiger partial charge in [0.25, 0.3) is 0 Å². The topological polar surface area (TPSA) is 73.5 Å². The predicted octanol–water partition coefficient (Wildman–Crippen LogP) is 3.06. The molecule has 6 nitrogen and oxygen atoms in total. The summed E-state index contributed by atoms with van der Waals surface area (Å²) in [6, 6.07) is 14.6. The maximum absolute atomic E-state index is 12.2. The van der Waals surface area contributed by atoms with E-state index in [1.165, 1.54) is 10.8 Å². The Hall–Kier alpha value is -3.28. The molecule has 1 heterocycles. The highest BCUT2D eigenvalue weighted by Gasteiger charge is 2.12. The minimum absolute atomic E-state index is 0.134. The van der Waals surface area contributed by atoms with Crippen LogP contribution in [0.4, 0.5) is 5.69 Å². The highest BCUT2D eigenvalue weighted by atomic mass is 16.5. The molecule has 3 rings (SSSR count). The molecule has 0 aliphatic carbocycles. The lowest BCUT2D eigenvalue weighted by Gasteiger charge is -2.06. The molecular weight excluding hydrogens is 320 g/mol. The molecule has 0 radical (unpaired) electrons. The van der Waals surface area contributed by atoms with Crippen molar-refractivity contribution in [1.82, 2.24) is 4.57 Å². The van der Waals surface area contributed by atoms with Crippen LogP contribution in [0.1, 0.15) is 5.56 Å². The zero-order chi connectivity index (χ0) is 17.8. The molecule has 6 heteroatoms. The van der Waals surface area contributed by atoms with Gasteiger partial charge in [0.15, 0.2) is 5.76 Å². The summed E-state index contributed by atoms with van der Waals surface area (Å²) in [6.45, 7) is 1.85. The molecule has 0 aliphatic heterocycles. The van der Waals surface area contributed by atoms with Gasteiger partial charge in [0.05, 0.1) is 13.3 Å². The Morgan fingerprint density at radius 2 is 1.96 bits per heavy atom. The van der Waals surface area contributed by atoms with Gasteiger partial charge < -0.3 is 14.5 Å². The first-order valence-corrected chi connectivity index (χ1v) is 7.76. The highest BCUT2D eigenvalue weighted by Crippen LogP contribution is 2.19. The van der Waals surface area contributed by atoms with E-state index in [0.29, 0.717) is 17.2 Å². The van der Waals surface area contributed by atoms with Crippen molar-refractivity contribution < 1.29 is 13.9 Å². The monoisotopic (exact) mass is 338 g/mol. The lowest BCUT2D eigenvalue weighted by molar-refractivity contribution is -0.116. The molecule has 1 N–H and O–H groups in total. The second-order valence-corrected chi connectivity index (χ2v) is 5.64. The van der Waals surface area contributed by atoms with Crippen LogP contribution in [0, 0.1) is 6.92 Å². The van der Waals surface area contributed by atoms with Gasteiger partial charge in [-0.3, -0.25) is 9.36 Å². The maximum Gasteiger partial charge on any atom is 0.419 e. The number of benzene rings is 2. The van der Waals surface area contributed by atoms with Crippen LogP contribution in [0.5, 0.6) is 5.75 Å². The van der Waals surface area contributed by atoms with Crippen LogP contribution in [0.3, 0.4) is 0 Å². The standard InChI is InChI=1S/C19H18N2O4/c1-13-6-8-14(9-7-13)17-11-21(19(23)25-17)12-18(22)20-15-4-3-5-16(10-15)24-2/h3-11H,12H2,1-2H3,(H,20,22). The van der Waals surface area contributed by atoms with E-state index in [9.17, 15) is 9.59 Å². The fourth-order valence-corrected chi connectivity index (χ4v) is 2.39. The maximum atomic E-state index is 12.2. The molecule has 128 valence electrons. The van der Waals surface area contributed by atoms with Gasteiger partial charge in [-0.2, -0.15) is 0 Å². The van der Waals surface area contributed by atoms with Gasteiger partial charge in [-0.05, 0) is 19.1 Å². The van der Waals surface area contributed by atoms with Crippen molar-refractivity contribution >= 4 is 11.6 Å². The van der Waals surface area contributed by atoms with Gasteiger partial charge in [0.2, 0.25) is 5.91 Å². The number of nitrogens with one attached hydrogen (secondary N) is 1. The molecular formula is C19H18N2O4. The first-order valence-electron chi connectivity index (χ1n) is 7.76. The second kappa shape index (κ2) is 7.09. The smallest absolute Gasteiger partial charge is 0.419 e. The Kier molecular flexibility index (Phi) is 4.70. The van der Waals surface area contributed by atoms with E-state index in [4.69, 9.17) is 9.15 Å². The van der Waals surface area contributed by atoms with Crippen molar-refractivity contribution in [1.29, 1.82) is 0 Å². The summed E-state index contributed by atoms with van der Waals surface area (Å²) in [5, 5.41) is 2.73. The molecule has 2 aromatic carbocycles. The van der Waals surface area contributed by atoms with Crippen LogP contribution in [-0.4, -0.2) is 17.6 Å². The minimum atomic E-state index is -0.573. The van der Waals surface area contributed by atoms with Crippen molar-refractivity contribution in [3.8, 4) is 17.1 Å². The number of anilines is 1. The molecule has 0 saturated heterocycles. The Balaban J connectivity index is 1.73. The summed E-state index contributed by atoms with van der Waals surface area (Å²) in [4.78, 5) is 24.1. The van der Waals surface area contributed by atoms with Crippen molar-refractivity contribution in [2.75, 3.05) is 12.4 Å². The fourth-order valence-electron chi connectivity index (χ4n) is 2.39. The Labute approximate surface area is 144 Å². The molecule has 0 spiro atoms. The zero-order valence-electron chi connectivity index (χ0n) is 14.0. The molecule has 0 unspecified atom stereocenters. The van der Waals surface area contributed by atoms with E-state index in [1.807, 2.05) is 31.2 Å². The molecule has 3 aromatic rings. The number of oxazole rings is 1. The second-order valence-electron chi connectivity index (χ2n) is 5.64. The van der Waals surface area contributed by atoms with E-state index in [2.05, 4.69) is 5.32 Å². The van der Waals surface area contributed by atoms with Gasteiger partial charge in [0, 0.05) is 17.3 Å². The molecule has 0 saturated carbocycles. The Morgan fingerprint density at radius 3 is 2.68 bits per heavy atom. The van der Waals surface area contributed by atoms with Crippen LogP contribution >= 0.6 is 0 Å². The predicted molar refractivity (Wildman–Crippen MR) is 94.8 cm³/mol. The normalized spacial score (nSPS) is 10.5. The molecule has 0 aliphatic rings. The van der Waals surface area contributed by atoms with E-state index in [1.54, 1.807) is 31.4 Å². The average Bonchev–Trinajstić information content (AvgIpc) is 2.96. The highest BCUT2D eigenvalue weighted by molar-refractivity contribution is 5.90. The number of carbonyl (C=O) groups is 1. The van der Waals surface area contributed by atoms with Crippen LogP contribution in [0.15, 0.2) is 63.9 Å². The first-order chi connectivity index (χ1) is 12.0. The van der Waals surface area contributed by atoms with Gasteiger partial charge >= 0.3 is 5.76 Å². The lowest BCUT2D eigenvalue weighted by atomic mass is 10.1. The third-order valence-corrected chi connectivity index (χ3v) is 3.71. The Morgan fingerprint density at radius 1 is 1.20 bits per heavy atom. The third kappa shape index (κ3) is 3.98. The molecule has 25 heavy (non-hydrogen) atoms. The quantitative estimate of drug-likeness (QED) is 0.776. The Bertz CT molecular complexity index is 939. The summed E-state index contributed by atoms with van der Waals surface area (Å²) in [7, 11) is 1.55. The van der Waals surface area contributed by atoms with E-state index in [0.717, 1.165) is 11.1 Å². The number of ether oxygens (including phenoxy) is 1. The van der Waals surface area contributed by atoms with Crippen LogP contribution in [0.2, 0.25) is 0 Å². The lowest BCUT2D eigenvalue weighted by Crippen LogP contribution is -2.24. The SMILES string of the molecule is COc1cccc(NC(=O)Cn2cc(-c3ccc(C)cc3)oc2=O)c1. The number of hydrogen-bond donors (Lipinski definition) is 1. The number of methoxy groups -OCH3 is 1. The summed E-state index contributed by atoms with van der Waals surface area (Å²) in [5.74, 6) is 0.169. The van der Waals surface area contributed by atoms with Gasteiger partial charge in [-0.1, -0.05) is 35.9 Å². The number of aromatic nitrogens is 1. The van der Waals surface area contributed by atoms with Crippen LogP contribution in [-0.2, 0) is 11.3 Å². The molecule has 0 fully saturated rings. The number of aryl methyl sites for hydroxylation is 1. The molecule has 0 bridgehead atoms. The van der Waals surface area contributed by atoms with Gasteiger partial charge in [0.1, 0.15) is 12.3 Å². The van der Waals surface area contributed by atoms with E-state index in [-0.39, 0.29) is 12.5 Å². The van der Waals surface area contributed by atoms with Crippen molar-refractivity contribution in [3.63, 3.8) is 0 Å². The largest absolute Gasteiger partial charge is 0.497 e. The van der Waals surface area contributed by atoms with Gasteiger partial charge in [-0.25, -0.2) is 4.79 Å². The van der Waals surface area contributed by atoms with Gasteiger partial charge in [-0.15, -0.1) is 0 Å². The first kappa shape index (κ1) is 16.6. The van der Waals surface area contributed by atoms with Crippen molar-refractivity contribution in [3.05, 3.63) is 70.8 Å². The van der Waals surface area contributed by atoms with E-state index < -0.39 is 5.76 Å². The number of carbonyl (C=O) groups excluding carboxylic acids is 1. The van der Waals surface area contributed by atoms with Crippen molar-refractivity contribution in [2.45, 2.75) is 13.5 Å². The summed E-state index contributed by atoms with van der Waals surface area (Å²) < 4.78 is 11.6. The summed E-state index contributed by atoms with van der Waals surface area (Å²) >= 11 is 0. The minimum Gasteiger partial charge on any atom is -0.497 e. The molecule has 0 atom stereocenters.